The summed E-state index contributed by atoms with van der Waals surface area (Å²) in [5.41, 5.74) is 5.77. The number of ether oxygens (including phenoxy) is 1. The summed E-state index contributed by atoms with van der Waals surface area (Å²) in [6.07, 6.45) is 0. The third-order valence-electron chi connectivity index (χ3n) is 2.61. The third-order valence-corrected chi connectivity index (χ3v) is 2.61. The van der Waals surface area contributed by atoms with Gasteiger partial charge in [0.05, 0.1) is 12.2 Å². The van der Waals surface area contributed by atoms with Gasteiger partial charge in [-0.1, -0.05) is 13.8 Å². The maximum Gasteiger partial charge on any atom is 0.0598 e. The fraction of sp³-hybridized carbons (Fsp3) is 1.00. The highest BCUT2D eigenvalue weighted by Crippen LogP contribution is 2.29. The Morgan fingerprint density at radius 2 is 1.31 bits per heavy atom. The van der Waals surface area contributed by atoms with E-state index in [-0.39, 0.29) is 16.6 Å². The quantitative estimate of drug-likeness (QED) is 0.737. The third kappa shape index (κ3) is 4.63. The molecule has 0 bridgehead atoms. The molecule has 0 atom stereocenters. The first-order valence-corrected chi connectivity index (χ1v) is 4.89. The van der Waals surface area contributed by atoms with E-state index >= 15 is 0 Å². The summed E-state index contributed by atoms with van der Waals surface area (Å²) in [5, 5.41) is 0. The smallest absolute Gasteiger partial charge is 0.0598 e. The Morgan fingerprint density at radius 1 is 0.923 bits per heavy atom. The van der Waals surface area contributed by atoms with Crippen LogP contribution < -0.4 is 5.73 Å². The van der Waals surface area contributed by atoms with Gasteiger partial charge in [0.15, 0.2) is 0 Å². The van der Waals surface area contributed by atoms with Crippen molar-refractivity contribution in [1.82, 2.24) is 0 Å². The summed E-state index contributed by atoms with van der Waals surface area (Å²) in [4.78, 5) is 0. The van der Waals surface area contributed by atoms with E-state index in [1.54, 1.807) is 0 Å². The van der Waals surface area contributed by atoms with Gasteiger partial charge in [0, 0.05) is 11.0 Å². The molecule has 0 aliphatic carbocycles. The van der Waals surface area contributed by atoms with E-state index in [2.05, 4.69) is 34.6 Å². The van der Waals surface area contributed by atoms with Gasteiger partial charge < -0.3 is 10.5 Å². The van der Waals surface area contributed by atoms with Gasteiger partial charge in [0.2, 0.25) is 0 Å². The van der Waals surface area contributed by atoms with Crippen LogP contribution in [0, 0.1) is 5.41 Å². The van der Waals surface area contributed by atoms with Crippen molar-refractivity contribution in [3.8, 4) is 0 Å². The molecular weight excluding hydrogens is 162 g/mol. The van der Waals surface area contributed by atoms with Crippen molar-refractivity contribution >= 4 is 0 Å². The molecule has 0 saturated carbocycles. The maximum absolute atomic E-state index is 6.06. The molecular formula is C11H25NO. The van der Waals surface area contributed by atoms with E-state index in [1.165, 1.54) is 0 Å². The second-order valence-electron chi connectivity index (χ2n) is 6.01. The van der Waals surface area contributed by atoms with E-state index in [0.717, 1.165) is 0 Å². The molecule has 0 aliphatic rings. The van der Waals surface area contributed by atoms with Crippen LogP contribution in [0.2, 0.25) is 0 Å². The molecule has 2 nitrogen and oxygen atoms in total. The fourth-order valence-electron chi connectivity index (χ4n) is 0.583. The molecule has 0 aromatic rings. The van der Waals surface area contributed by atoms with Gasteiger partial charge in [-0.2, -0.15) is 0 Å². The molecule has 0 saturated heterocycles. The first-order valence-electron chi connectivity index (χ1n) is 4.89. The van der Waals surface area contributed by atoms with Gasteiger partial charge in [0.25, 0.3) is 0 Å². The molecule has 0 amide bonds. The Kier molecular flexibility index (Phi) is 3.56. The van der Waals surface area contributed by atoms with Gasteiger partial charge in [-0.05, 0) is 34.6 Å². The Bertz CT molecular complexity index is 160. The Balaban J connectivity index is 4.21. The summed E-state index contributed by atoms with van der Waals surface area (Å²) in [6, 6.07) is 0. The molecule has 0 aromatic carbocycles. The molecule has 2 heteroatoms. The van der Waals surface area contributed by atoms with Gasteiger partial charge in [-0.15, -0.1) is 0 Å². The summed E-state index contributed by atoms with van der Waals surface area (Å²) in [7, 11) is 0. The number of rotatable bonds is 3. The SMILES string of the molecule is CC(C)(C)OCC(C)(C)C(C)(C)N. The Morgan fingerprint density at radius 3 is 1.54 bits per heavy atom. The molecule has 0 radical (unpaired) electrons. The minimum absolute atomic E-state index is 0.000278. The van der Waals surface area contributed by atoms with Gasteiger partial charge in [0.1, 0.15) is 0 Å². The highest BCUT2D eigenvalue weighted by molar-refractivity contribution is 4.90. The highest BCUT2D eigenvalue weighted by atomic mass is 16.5. The van der Waals surface area contributed by atoms with E-state index < -0.39 is 0 Å². The molecule has 13 heavy (non-hydrogen) atoms. The zero-order valence-electron chi connectivity index (χ0n) is 10.2. The second kappa shape index (κ2) is 3.58. The molecule has 0 rings (SSSR count). The molecule has 0 aromatic heterocycles. The average molecular weight is 187 g/mol. The molecule has 0 fully saturated rings. The van der Waals surface area contributed by atoms with E-state index in [1.807, 2.05) is 13.8 Å². The van der Waals surface area contributed by atoms with Crippen molar-refractivity contribution < 1.29 is 4.74 Å². The monoisotopic (exact) mass is 187 g/mol. The number of nitrogens with two attached hydrogens (primary N) is 1. The lowest BCUT2D eigenvalue weighted by Gasteiger charge is -2.40. The van der Waals surface area contributed by atoms with Crippen molar-refractivity contribution in [2.24, 2.45) is 11.1 Å². The Hall–Kier alpha value is -0.0800. The predicted molar refractivity (Wildman–Crippen MR) is 57.8 cm³/mol. The van der Waals surface area contributed by atoms with Gasteiger partial charge >= 0.3 is 0 Å². The molecule has 80 valence electrons. The first kappa shape index (κ1) is 12.9. The lowest BCUT2D eigenvalue weighted by Crippen LogP contribution is -2.50. The van der Waals surface area contributed by atoms with Crippen LogP contribution in [0.1, 0.15) is 48.5 Å². The lowest BCUT2D eigenvalue weighted by atomic mass is 9.76. The molecule has 0 unspecified atom stereocenters. The van der Waals surface area contributed by atoms with E-state index in [0.29, 0.717) is 6.61 Å². The first-order chi connectivity index (χ1) is 5.46. The van der Waals surface area contributed by atoms with E-state index in [4.69, 9.17) is 10.5 Å². The molecule has 0 aliphatic heterocycles. The standard InChI is InChI=1S/C11H25NO/c1-9(2,3)13-8-10(4,5)11(6,7)12/h8,12H2,1-7H3. The minimum Gasteiger partial charge on any atom is -0.375 e. The second-order valence-corrected chi connectivity index (χ2v) is 6.01. The van der Waals surface area contributed by atoms with Crippen LogP contribution in [0.4, 0.5) is 0 Å². The van der Waals surface area contributed by atoms with Crippen molar-refractivity contribution in [2.45, 2.75) is 59.6 Å². The highest BCUT2D eigenvalue weighted by Gasteiger charge is 2.34. The van der Waals surface area contributed by atoms with Crippen LogP contribution in [0.3, 0.4) is 0 Å². The summed E-state index contributed by atoms with van der Waals surface area (Å²) in [5.74, 6) is 0. The molecule has 2 N–H and O–H groups in total. The maximum atomic E-state index is 6.06. The summed E-state index contributed by atoms with van der Waals surface area (Å²) < 4.78 is 5.74. The van der Waals surface area contributed by atoms with Crippen LogP contribution in [-0.2, 0) is 4.74 Å². The van der Waals surface area contributed by atoms with Crippen molar-refractivity contribution in [1.29, 1.82) is 0 Å². The number of hydrogen-bond acceptors (Lipinski definition) is 2. The largest absolute Gasteiger partial charge is 0.375 e. The normalized spacial score (nSPS) is 14.8. The van der Waals surface area contributed by atoms with Crippen molar-refractivity contribution in [3.05, 3.63) is 0 Å². The lowest BCUT2D eigenvalue weighted by molar-refractivity contribution is -0.0596. The van der Waals surface area contributed by atoms with Crippen LogP contribution >= 0.6 is 0 Å². The average Bonchev–Trinajstić information content (AvgIpc) is 1.79. The zero-order valence-corrected chi connectivity index (χ0v) is 10.2. The fourth-order valence-corrected chi connectivity index (χ4v) is 0.583. The molecule has 0 heterocycles. The van der Waals surface area contributed by atoms with Gasteiger partial charge in [-0.25, -0.2) is 0 Å². The topological polar surface area (TPSA) is 35.2 Å². The molecule has 0 spiro atoms. The van der Waals surface area contributed by atoms with Crippen LogP contribution in [0.25, 0.3) is 0 Å². The minimum atomic E-state index is -0.210. The zero-order chi connectivity index (χ0) is 10.9. The Labute approximate surface area is 82.8 Å². The summed E-state index contributed by atoms with van der Waals surface area (Å²) in [6.45, 7) is 15.2. The van der Waals surface area contributed by atoms with E-state index in [9.17, 15) is 0 Å². The van der Waals surface area contributed by atoms with Crippen molar-refractivity contribution in [2.75, 3.05) is 6.61 Å². The van der Waals surface area contributed by atoms with Crippen LogP contribution in [-0.4, -0.2) is 17.7 Å². The van der Waals surface area contributed by atoms with Crippen LogP contribution in [0.15, 0.2) is 0 Å². The summed E-state index contributed by atoms with van der Waals surface area (Å²) >= 11 is 0. The van der Waals surface area contributed by atoms with Crippen LogP contribution in [0.5, 0.6) is 0 Å². The number of hydrogen-bond donors (Lipinski definition) is 1. The van der Waals surface area contributed by atoms with Crippen molar-refractivity contribution in [3.63, 3.8) is 0 Å². The van der Waals surface area contributed by atoms with Gasteiger partial charge in [-0.3, -0.25) is 0 Å². The predicted octanol–water partition coefficient (Wildman–Crippen LogP) is 2.57.